The lowest BCUT2D eigenvalue weighted by molar-refractivity contribution is 0.501. The van der Waals surface area contributed by atoms with Gasteiger partial charge in [-0.3, -0.25) is 0 Å². The third-order valence-electron chi connectivity index (χ3n) is 3.63. The lowest BCUT2D eigenvalue weighted by atomic mass is 9.85. The summed E-state index contributed by atoms with van der Waals surface area (Å²) in [6.07, 6.45) is 0. The second-order valence-electron chi connectivity index (χ2n) is 6.03. The molecule has 0 radical (unpaired) electrons. The summed E-state index contributed by atoms with van der Waals surface area (Å²) < 4.78 is 27.5. The molecule has 0 aromatic heterocycles. The van der Waals surface area contributed by atoms with Crippen molar-refractivity contribution in [2.75, 3.05) is 6.54 Å². The maximum absolute atomic E-state index is 12.4. The van der Waals surface area contributed by atoms with Gasteiger partial charge in [-0.2, -0.15) is 0 Å². The van der Waals surface area contributed by atoms with Crippen molar-refractivity contribution >= 4 is 21.6 Å². The van der Waals surface area contributed by atoms with Crippen molar-refractivity contribution in [1.82, 2.24) is 4.72 Å². The monoisotopic (exact) mass is 337 g/mol. The molecular weight excluding hydrogens is 318 g/mol. The van der Waals surface area contributed by atoms with Crippen molar-refractivity contribution in [3.8, 4) is 0 Å². The number of rotatable bonds is 5. The van der Waals surface area contributed by atoms with Crippen molar-refractivity contribution in [3.63, 3.8) is 0 Å². The van der Waals surface area contributed by atoms with Gasteiger partial charge in [-0.1, -0.05) is 49.7 Å². The maximum atomic E-state index is 12.4. The van der Waals surface area contributed by atoms with Crippen LogP contribution in [-0.4, -0.2) is 15.0 Å². The highest BCUT2D eigenvalue weighted by molar-refractivity contribution is 7.89. The number of hydrogen-bond donors (Lipinski definition) is 1. The number of aryl methyl sites for hydroxylation is 1. The van der Waals surface area contributed by atoms with Gasteiger partial charge in [0.15, 0.2) is 0 Å². The second kappa shape index (κ2) is 6.41. The van der Waals surface area contributed by atoms with E-state index in [0.717, 1.165) is 11.1 Å². The van der Waals surface area contributed by atoms with Crippen LogP contribution in [0.5, 0.6) is 0 Å². The number of nitrogens with one attached hydrogen (secondary N) is 1. The van der Waals surface area contributed by atoms with Gasteiger partial charge < -0.3 is 0 Å². The van der Waals surface area contributed by atoms with E-state index in [1.807, 2.05) is 51.1 Å². The first kappa shape index (κ1) is 17.0. The summed E-state index contributed by atoms with van der Waals surface area (Å²) in [7, 11) is -3.51. The molecule has 22 heavy (non-hydrogen) atoms. The first-order valence-electron chi connectivity index (χ1n) is 7.03. The topological polar surface area (TPSA) is 46.2 Å². The molecule has 2 aromatic carbocycles. The van der Waals surface area contributed by atoms with Crippen LogP contribution in [0.2, 0.25) is 5.02 Å². The minimum absolute atomic E-state index is 0.291. The molecule has 5 heteroatoms. The van der Waals surface area contributed by atoms with Gasteiger partial charge in [0, 0.05) is 17.0 Å². The Labute approximate surface area is 137 Å². The molecule has 0 aliphatic heterocycles. The zero-order valence-electron chi connectivity index (χ0n) is 12.9. The van der Waals surface area contributed by atoms with Crippen LogP contribution in [0, 0.1) is 6.92 Å². The molecule has 2 rings (SSSR count). The molecule has 0 fully saturated rings. The molecule has 1 N–H and O–H groups in total. The molecule has 0 unspecified atom stereocenters. The number of hydrogen-bond acceptors (Lipinski definition) is 2. The SMILES string of the molecule is Cc1cccc(S(=O)(=O)NCC(C)(C)c2ccc(Cl)cc2)c1. The predicted molar refractivity (Wildman–Crippen MR) is 90.8 cm³/mol. The standard InChI is InChI=1S/C17H20ClNO2S/c1-13-5-4-6-16(11-13)22(20,21)19-12-17(2,3)14-7-9-15(18)10-8-14/h4-11,19H,12H2,1-3H3. The molecule has 0 amide bonds. The van der Waals surface area contributed by atoms with Crippen molar-refractivity contribution in [1.29, 1.82) is 0 Å². The van der Waals surface area contributed by atoms with Gasteiger partial charge >= 0.3 is 0 Å². The number of benzene rings is 2. The number of sulfonamides is 1. The van der Waals surface area contributed by atoms with Gasteiger partial charge in [-0.25, -0.2) is 13.1 Å². The van der Waals surface area contributed by atoms with Gasteiger partial charge in [0.1, 0.15) is 0 Å². The normalized spacial score (nSPS) is 12.4. The van der Waals surface area contributed by atoms with E-state index < -0.39 is 10.0 Å². The molecule has 0 heterocycles. The van der Waals surface area contributed by atoms with Crippen LogP contribution in [0.25, 0.3) is 0 Å². The molecule has 118 valence electrons. The first-order chi connectivity index (χ1) is 10.2. The van der Waals surface area contributed by atoms with Gasteiger partial charge in [0.05, 0.1) is 4.90 Å². The molecular formula is C17H20ClNO2S. The van der Waals surface area contributed by atoms with Crippen LogP contribution < -0.4 is 4.72 Å². The summed E-state index contributed by atoms with van der Waals surface area (Å²) in [6, 6.07) is 14.3. The minimum atomic E-state index is -3.51. The lowest BCUT2D eigenvalue weighted by Gasteiger charge is -2.25. The Bertz CT molecular complexity index is 752. The Kier molecular flexibility index (Phi) is 4.95. The summed E-state index contributed by atoms with van der Waals surface area (Å²) >= 11 is 5.89. The summed E-state index contributed by atoms with van der Waals surface area (Å²) in [5.41, 5.74) is 1.62. The van der Waals surface area contributed by atoms with Crippen molar-refractivity contribution in [3.05, 3.63) is 64.7 Å². The lowest BCUT2D eigenvalue weighted by Crippen LogP contribution is -2.36. The molecule has 0 bridgehead atoms. The molecule has 0 spiro atoms. The fraction of sp³-hybridized carbons (Fsp3) is 0.294. The summed E-state index contributed by atoms with van der Waals surface area (Å²) in [5.74, 6) is 0. The molecule has 0 saturated heterocycles. The fourth-order valence-corrected chi connectivity index (χ4v) is 3.59. The highest BCUT2D eigenvalue weighted by atomic mass is 35.5. The van der Waals surface area contributed by atoms with Crippen molar-refractivity contribution in [2.24, 2.45) is 0 Å². The Balaban J connectivity index is 2.15. The fourth-order valence-electron chi connectivity index (χ4n) is 2.14. The van der Waals surface area contributed by atoms with E-state index in [2.05, 4.69) is 4.72 Å². The van der Waals surface area contributed by atoms with Crippen molar-refractivity contribution in [2.45, 2.75) is 31.1 Å². The molecule has 0 aliphatic carbocycles. The molecule has 0 atom stereocenters. The van der Waals surface area contributed by atoms with Gasteiger partial charge in [0.2, 0.25) is 10.0 Å². The van der Waals surface area contributed by atoms with Crippen LogP contribution in [0.1, 0.15) is 25.0 Å². The average molecular weight is 338 g/mol. The van der Waals surface area contributed by atoms with E-state index in [9.17, 15) is 8.42 Å². The first-order valence-corrected chi connectivity index (χ1v) is 8.89. The van der Waals surface area contributed by atoms with Crippen LogP contribution in [0.3, 0.4) is 0 Å². The third kappa shape index (κ3) is 4.09. The van der Waals surface area contributed by atoms with Crippen LogP contribution in [0.15, 0.2) is 53.4 Å². The molecule has 0 aliphatic rings. The maximum Gasteiger partial charge on any atom is 0.240 e. The Hall–Kier alpha value is -1.36. The van der Waals surface area contributed by atoms with Crippen molar-refractivity contribution < 1.29 is 8.42 Å². The van der Waals surface area contributed by atoms with Crippen LogP contribution in [0.4, 0.5) is 0 Å². The van der Waals surface area contributed by atoms with E-state index in [1.165, 1.54) is 0 Å². The Morgan fingerprint density at radius 1 is 1.09 bits per heavy atom. The highest BCUT2D eigenvalue weighted by Gasteiger charge is 2.24. The number of halogens is 1. The molecule has 2 aromatic rings. The zero-order chi connectivity index (χ0) is 16.4. The molecule has 3 nitrogen and oxygen atoms in total. The predicted octanol–water partition coefficient (Wildman–Crippen LogP) is 3.90. The van der Waals surface area contributed by atoms with E-state index in [-0.39, 0.29) is 5.41 Å². The Morgan fingerprint density at radius 2 is 1.73 bits per heavy atom. The van der Waals surface area contributed by atoms with E-state index in [1.54, 1.807) is 18.2 Å². The summed E-state index contributed by atoms with van der Waals surface area (Å²) in [5, 5.41) is 0.667. The van der Waals surface area contributed by atoms with Gasteiger partial charge in [-0.15, -0.1) is 0 Å². The van der Waals surface area contributed by atoms with Crippen LogP contribution in [-0.2, 0) is 15.4 Å². The second-order valence-corrected chi connectivity index (χ2v) is 8.24. The highest BCUT2D eigenvalue weighted by Crippen LogP contribution is 2.24. The smallest absolute Gasteiger partial charge is 0.210 e. The summed E-state index contributed by atoms with van der Waals surface area (Å²) in [4.78, 5) is 0.291. The minimum Gasteiger partial charge on any atom is -0.210 e. The molecule has 0 saturated carbocycles. The average Bonchev–Trinajstić information content (AvgIpc) is 2.46. The quantitative estimate of drug-likeness (QED) is 0.899. The Morgan fingerprint density at radius 3 is 2.32 bits per heavy atom. The third-order valence-corrected chi connectivity index (χ3v) is 5.28. The largest absolute Gasteiger partial charge is 0.240 e. The van der Waals surface area contributed by atoms with Gasteiger partial charge in [0.25, 0.3) is 0 Å². The zero-order valence-corrected chi connectivity index (χ0v) is 14.5. The van der Waals surface area contributed by atoms with Crippen LogP contribution >= 0.6 is 11.6 Å². The van der Waals surface area contributed by atoms with E-state index in [4.69, 9.17) is 11.6 Å². The van der Waals surface area contributed by atoms with E-state index >= 15 is 0 Å². The van der Waals surface area contributed by atoms with Gasteiger partial charge in [-0.05, 0) is 42.3 Å². The summed E-state index contributed by atoms with van der Waals surface area (Å²) in [6.45, 7) is 6.17. The van der Waals surface area contributed by atoms with E-state index in [0.29, 0.717) is 16.5 Å².